The molecule has 1 aromatic heterocycles. The van der Waals surface area contributed by atoms with Gasteiger partial charge in [0.2, 0.25) is 0 Å². The van der Waals surface area contributed by atoms with E-state index < -0.39 is 0 Å². The molecular formula is C18H22N4OS. The Morgan fingerprint density at radius 2 is 1.79 bits per heavy atom. The number of ketones is 1. The molecule has 6 heteroatoms. The first-order chi connectivity index (χ1) is 11.5. The number of thiocarbonyl (C=S) groups is 1. The highest BCUT2D eigenvalue weighted by Crippen LogP contribution is 2.30. The number of hydrogen-bond acceptors (Lipinski definition) is 3. The molecule has 0 radical (unpaired) electrons. The molecular weight excluding hydrogens is 320 g/mol. The van der Waals surface area contributed by atoms with Crippen molar-refractivity contribution in [1.82, 2.24) is 9.99 Å². The van der Waals surface area contributed by atoms with Crippen molar-refractivity contribution in [3.8, 4) is 0 Å². The number of carbonyl (C=O) groups is 1. The molecule has 0 aliphatic heterocycles. The van der Waals surface area contributed by atoms with Crippen molar-refractivity contribution in [1.29, 1.82) is 0 Å². The number of rotatable bonds is 3. The van der Waals surface area contributed by atoms with Crippen LogP contribution in [0.25, 0.3) is 21.8 Å². The lowest BCUT2D eigenvalue weighted by Gasteiger charge is -2.05. The van der Waals surface area contributed by atoms with Crippen LogP contribution in [0.15, 0.2) is 42.5 Å². The number of nitrogens with one attached hydrogen (secondary N) is 1. The summed E-state index contributed by atoms with van der Waals surface area (Å²) in [6.45, 7) is 4.81. The second-order valence-corrected chi connectivity index (χ2v) is 5.91. The van der Waals surface area contributed by atoms with Gasteiger partial charge in [0.25, 0.3) is 0 Å². The number of benzene rings is 2. The molecule has 0 aliphatic rings. The number of aryl methyl sites for hydroxylation is 1. The van der Waals surface area contributed by atoms with Gasteiger partial charge in [-0.25, -0.2) is 5.84 Å². The second-order valence-electron chi connectivity index (χ2n) is 5.47. The smallest absolute Gasteiger partial charge is 0.177 e. The van der Waals surface area contributed by atoms with E-state index in [0.29, 0.717) is 0 Å². The average Bonchev–Trinajstić information content (AvgIpc) is 2.89. The number of hydrazine groups is 1. The highest BCUT2D eigenvalue weighted by molar-refractivity contribution is 7.80. The van der Waals surface area contributed by atoms with Crippen molar-refractivity contribution in [2.45, 2.75) is 26.8 Å². The maximum atomic E-state index is 11.6. The molecule has 0 saturated carbocycles. The van der Waals surface area contributed by atoms with Gasteiger partial charge < -0.3 is 15.7 Å². The third-order valence-corrected chi connectivity index (χ3v) is 3.89. The van der Waals surface area contributed by atoms with E-state index in [1.54, 1.807) is 6.92 Å². The molecule has 24 heavy (non-hydrogen) atoms. The molecule has 0 unspecified atom stereocenters. The van der Waals surface area contributed by atoms with Gasteiger partial charge in [-0.05, 0) is 49.8 Å². The number of nitrogens with two attached hydrogens (primary N) is 2. The topological polar surface area (TPSA) is 86.1 Å². The number of fused-ring (bicyclic) bond motifs is 3. The van der Waals surface area contributed by atoms with Crippen LogP contribution in [0.5, 0.6) is 0 Å². The van der Waals surface area contributed by atoms with Crippen LogP contribution in [0.3, 0.4) is 0 Å². The normalized spacial score (nSPS) is 10.3. The Kier molecular flexibility index (Phi) is 5.89. The van der Waals surface area contributed by atoms with Gasteiger partial charge in [-0.2, -0.15) is 0 Å². The van der Waals surface area contributed by atoms with Gasteiger partial charge in [0.1, 0.15) is 0 Å². The number of hydrogen-bond donors (Lipinski definition) is 3. The molecule has 3 rings (SSSR count). The van der Waals surface area contributed by atoms with Crippen LogP contribution < -0.4 is 17.0 Å². The predicted molar refractivity (Wildman–Crippen MR) is 104 cm³/mol. The van der Waals surface area contributed by atoms with E-state index in [-0.39, 0.29) is 10.9 Å². The number of para-hydroxylation sites is 1. The maximum Gasteiger partial charge on any atom is 0.177 e. The van der Waals surface area contributed by atoms with Gasteiger partial charge in [-0.15, -0.1) is 0 Å². The molecule has 126 valence electrons. The first kappa shape index (κ1) is 17.9. The summed E-state index contributed by atoms with van der Waals surface area (Å²) in [6, 6.07) is 14.4. The van der Waals surface area contributed by atoms with Crippen LogP contribution in [0.1, 0.15) is 30.6 Å². The number of carbonyl (C=O) groups excluding carboxylic acids is 1. The minimum Gasteiger partial charge on any atom is -0.375 e. The number of nitrogens with zero attached hydrogens (tertiary/aromatic N) is 1. The average molecular weight is 342 g/mol. The quantitative estimate of drug-likeness (QED) is 0.295. The van der Waals surface area contributed by atoms with Crippen LogP contribution in [0.2, 0.25) is 0 Å². The molecule has 5 N–H and O–H groups in total. The summed E-state index contributed by atoms with van der Waals surface area (Å²) in [5.74, 6) is 4.77. The van der Waals surface area contributed by atoms with Crippen LogP contribution in [0, 0.1) is 0 Å². The fourth-order valence-electron chi connectivity index (χ4n) is 2.74. The fraction of sp³-hybridized carbons (Fsp3) is 0.222. The summed E-state index contributed by atoms with van der Waals surface area (Å²) in [5, 5.41) is 2.52. The maximum absolute atomic E-state index is 11.6. The Hall–Kier alpha value is -2.44. The highest BCUT2D eigenvalue weighted by Gasteiger charge is 2.11. The van der Waals surface area contributed by atoms with Crippen LogP contribution in [-0.2, 0) is 6.54 Å². The van der Waals surface area contributed by atoms with Crippen LogP contribution in [0.4, 0.5) is 0 Å². The van der Waals surface area contributed by atoms with Gasteiger partial charge in [-0.3, -0.25) is 4.79 Å². The minimum atomic E-state index is 0.116. The zero-order valence-electron chi connectivity index (χ0n) is 13.9. The van der Waals surface area contributed by atoms with E-state index in [2.05, 4.69) is 59.9 Å². The van der Waals surface area contributed by atoms with E-state index in [1.165, 1.54) is 21.8 Å². The van der Waals surface area contributed by atoms with Crippen molar-refractivity contribution < 1.29 is 4.79 Å². The van der Waals surface area contributed by atoms with Crippen molar-refractivity contribution in [3.63, 3.8) is 0 Å². The van der Waals surface area contributed by atoms with Gasteiger partial charge in [-0.1, -0.05) is 25.1 Å². The van der Waals surface area contributed by atoms with E-state index in [1.807, 2.05) is 17.6 Å². The summed E-state index contributed by atoms with van der Waals surface area (Å²) >= 11 is 4.24. The summed E-state index contributed by atoms with van der Waals surface area (Å²) in [5.41, 5.74) is 10.1. The molecule has 0 aliphatic carbocycles. The van der Waals surface area contributed by atoms with Crippen LogP contribution in [-0.4, -0.2) is 15.5 Å². The first-order valence-electron chi connectivity index (χ1n) is 7.77. The molecule has 0 bridgehead atoms. The molecule has 2 aromatic carbocycles. The SMILES string of the molecule is CCCn1c2ccccc2c2cc(C(C)=O)ccc21.NNC(N)=S. The summed E-state index contributed by atoms with van der Waals surface area (Å²) < 4.78 is 2.34. The summed E-state index contributed by atoms with van der Waals surface area (Å²) in [7, 11) is 0. The fourth-order valence-corrected chi connectivity index (χ4v) is 2.74. The van der Waals surface area contributed by atoms with Gasteiger partial charge in [0, 0.05) is 33.9 Å². The molecule has 0 fully saturated rings. The van der Waals surface area contributed by atoms with Gasteiger partial charge >= 0.3 is 0 Å². The van der Waals surface area contributed by atoms with E-state index in [9.17, 15) is 4.79 Å². The molecule has 0 amide bonds. The van der Waals surface area contributed by atoms with E-state index >= 15 is 0 Å². The Bertz CT molecular complexity index is 885. The number of aromatic nitrogens is 1. The zero-order valence-corrected chi connectivity index (χ0v) is 14.7. The lowest BCUT2D eigenvalue weighted by Crippen LogP contribution is -2.34. The molecule has 0 spiro atoms. The first-order valence-corrected chi connectivity index (χ1v) is 8.18. The Labute approximate surface area is 146 Å². The van der Waals surface area contributed by atoms with Gasteiger partial charge in [0.15, 0.2) is 10.9 Å². The van der Waals surface area contributed by atoms with Crippen molar-refractivity contribution in [2.24, 2.45) is 11.6 Å². The highest BCUT2D eigenvalue weighted by atomic mass is 32.1. The second kappa shape index (κ2) is 7.90. The zero-order chi connectivity index (χ0) is 17.7. The third-order valence-electron chi connectivity index (χ3n) is 3.77. The molecule has 5 nitrogen and oxygen atoms in total. The van der Waals surface area contributed by atoms with Gasteiger partial charge in [0.05, 0.1) is 0 Å². The third kappa shape index (κ3) is 3.72. The number of Topliss-reactive ketones (excluding diaryl/α,β-unsaturated/α-hetero) is 1. The Morgan fingerprint density at radius 3 is 2.38 bits per heavy atom. The lowest BCUT2D eigenvalue weighted by atomic mass is 10.1. The summed E-state index contributed by atoms with van der Waals surface area (Å²) in [6.07, 6.45) is 1.10. The molecule has 3 aromatic rings. The Morgan fingerprint density at radius 1 is 1.17 bits per heavy atom. The minimum absolute atomic E-state index is 0.116. The monoisotopic (exact) mass is 342 g/mol. The lowest BCUT2D eigenvalue weighted by molar-refractivity contribution is 0.101. The van der Waals surface area contributed by atoms with E-state index in [4.69, 9.17) is 5.73 Å². The standard InChI is InChI=1S/C17H17NO.CH5N3S/c1-3-10-18-16-7-5-4-6-14(16)15-11-13(12(2)19)8-9-17(15)18;2-1(5)4-3/h4-9,11H,3,10H2,1-2H3;3H2,(H3,2,4,5). The molecule has 0 saturated heterocycles. The molecule has 1 heterocycles. The van der Waals surface area contributed by atoms with Crippen molar-refractivity contribution in [3.05, 3.63) is 48.0 Å². The summed E-state index contributed by atoms with van der Waals surface area (Å²) in [4.78, 5) is 11.6. The molecule has 0 atom stereocenters. The largest absolute Gasteiger partial charge is 0.375 e. The van der Waals surface area contributed by atoms with Crippen LogP contribution >= 0.6 is 12.2 Å². The van der Waals surface area contributed by atoms with Crippen molar-refractivity contribution >= 4 is 44.9 Å². The van der Waals surface area contributed by atoms with Crippen molar-refractivity contribution in [2.75, 3.05) is 0 Å². The predicted octanol–water partition coefficient (Wildman–Crippen LogP) is 3.10. The van der Waals surface area contributed by atoms with E-state index in [0.717, 1.165) is 18.5 Å². The Balaban J connectivity index is 0.000000368.